The Morgan fingerprint density at radius 3 is 2.59 bits per heavy atom. The Bertz CT molecular complexity index is 1030. The lowest BCUT2D eigenvalue weighted by molar-refractivity contribution is 0.0944. The minimum atomic E-state index is -0.465. The second-order valence-corrected chi connectivity index (χ2v) is 6.86. The highest BCUT2D eigenvalue weighted by atomic mass is 35.5. The van der Waals surface area contributed by atoms with Gasteiger partial charge in [-0.3, -0.25) is 4.79 Å². The maximum atomic E-state index is 13.0. The molecule has 0 saturated carbocycles. The molecule has 0 atom stereocenters. The number of anilines is 1. The third-order valence-corrected chi connectivity index (χ3v) is 4.51. The third-order valence-electron chi connectivity index (χ3n) is 4.23. The SMILES string of the molecule is COc1cc(CNCCNC(=O)c2nonc2N)cc(Cl)c1OCc1ccc(F)cc1.Cl. The van der Waals surface area contributed by atoms with Gasteiger partial charge in [-0.25, -0.2) is 9.02 Å². The Morgan fingerprint density at radius 2 is 1.94 bits per heavy atom. The van der Waals surface area contributed by atoms with Crippen molar-refractivity contribution in [2.45, 2.75) is 13.2 Å². The lowest BCUT2D eigenvalue weighted by atomic mass is 10.2. The van der Waals surface area contributed by atoms with Gasteiger partial charge in [-0.15, -0.1) is 12.4 Å². The molecule has 9 nitrogen and oxygen atoms in total. The number of nitrogen functional groups attached to an aromatic ring is 1. The lowest BCUT2D eigenvalue weighted by Gasteiger charge is -2.15. The molecule has 0 unspecified atom stereocenters. The molecular formula is C20H22Cl2FN5O4. The number of nitrogens with one attached hydrogen (secondary N) is 2. The van der Waals surface area contributed by atoms with E-state index in [-0.39, 0.29) is 36.3 Å². The quantitative estimate of drug-likeness (QED) is 0.374. The molecule has 3 rings (SSSR count). The fourth-order valence-corrected chi connectivity index (χ4v) is 2.97. The van der Waals surface area contributed by atoms with Gasteiger partial charge in [0.05, 0.1) is 12.1 Å². The van der Waals surface area contributed by atoms with Crippen LogP contribution in [0.4, 0.5) is 10.2 Å². The van der Waals surface area contributed by atoms with Crippen molar-refractivity contribution in [1.29, 1.82) is 0 Å². The summed E-state index contributed by atoms with van der Waals surface area (Å²) in [5.41, 5.74) is 7.09. The summed E-state index contributed by atoms with van der Waals surface area (Å²) in [6.07, 6.45) is 0. The molecule has 32 heavy (non-hydrogen) atoms. The lowest BCUT2D eigenvalue weighted by Crippen LogP contribution is -2.32. The first kappa shape index (κ1) is 25.2. The van der Waals surface area contributed by atoms with Crippen molar-refractivity contribution in [2.75, 3.05) is 25.9 Å². The van der Waals surface area contributed by atoms with Gasteiger partial charge < -0.3 is 25.8 Å². The van der Waals surface area contributed by atoms with Crippen LogP contribution >= 0.6 is 24.0 Å². The number of carbonyl (C=O) groups is 1. The molecule has 0 aliphatic rings. The number of hydrogen-bond acceptors (Lipinski definition) is 8. The van der Waals surface area contributed by atoms with E-state index in [0.29, 0.717) is 36.2 Å². The molecule has 3 aromatic rings. The van der Waals surface area contributed by atoms with E-state index in [1.165, 1.54) is 19.2 Å². The van der Waals surface area contributed by atoms with E-state index in [1.54, 1.807) is 24.3 Å². The van der Waals surface area contributed by atoms with Crippen LogP contribution in [0.2, 0.25) is 5.02 Å². The van der Waals surface area contributed by atoms with Gasteiger partial charge in [0, 0.05) is 19.6 Å². The van der Waals surface area contributed by atoms with Crippen LogP contribution in [0.3, 0.4) is 0 Å². The smallest absolute Gasteiger partial charge is 0.277 e. The first-order chi connectivity index (χ1) is 15.0. The fraction of sp³-hybridized carbons (Fsp3) is 0.250. The van der Waals surface area contributed by atoms with E-state index in [2.05, 4.69) is 25.6 Å². The summed E-state index contributed by atoms with van der Waals surface area (Å²) in [6, 6.07) is 9.58. The zero-order valence-electron chi connectivity index (χ0n) is 17.1. The van der Waals surface area contributed by atoms with E-state index in [9.17, 15) is 9.18 Å². The molecule has 0 bridgehead atoms. The predicted octanol–water partition coefficient (Wildman–Crippen LogP) is 2.97. The molecule has 4 N–H and O–H groups in total. The van der Waals surface area contributed by atoms with Gasteiger partial charge in [0.2, 0.25) is 11.5 Å². The highest BCUT2D eigenvalue weighted by molar-refractivity contribution is 6.32. The van der Waals surface area contributed by atoms with Gasteiger partial charge in [0.15, 0.2) is 11.5 Å². The third kappa shape index (κ3) is 6.71. The van der Waals surface area contributed by atoms with E-state index < -0.39 is 5.91 Å². The number of carbonyl (C=O) groups excluding carboxylic acids is 1. The van der Waals surface area contributed by atoms with Gasteiger partial charge in [-0.2, -0.15) is 0 Å². The zero-order valence-corrected chi connectivity index (χ0v) is 18.6. The van der Waals surface area contributed by atoms with Crippen molar-refractivity contribution >= 4 is 35.7 Å². The standard InChI is InChI=1S/C20H21ClFN5O4.ClH/c1-29-16-9-13(10-24-6-7-25-20(28)17-19(23)27-31-26-17)8-15(21)18(16)30-11-12-2-4-14(22)5-3-12;/h2-5,8-9,24H,6-7,10-11H2,1H3,(H2,23,27)(H,25,28);1H. The second-order valence-electron chi connectivity index (χ2n) is 6.45. The Morgan fingerprint density at radius 1 is 1.19 bits per heavy atom. The predicted molar refractivity (Wildman–Crippen MR) is 119 cm³/mol. The van der Waals surface area contributed by atoms with Crippen LogP contribution in [0.5, 0.6) is 11.5 Å². The van der Waals surface area contributed by atoms with Gasteiger partial charge in [0.1, 0.15) is 12.4 Å². The number of hydrogen-bond donors (Lipinski definition) is 3. The summed E-state index contributed by atoms with van der Waals surface area (Å²) in [5.74, 6) is 0.0500. The topological polar surface area (TPSA) is 125 Å². The number of nitrogens with zero attached hydrogens (tertiary/aromatic N) is 2. The van der Waals surface area contributed by atoms with Gasteiger partial charge in [-0.05, 0) is 45.7 Å². The van der Waals surface area contributed by atoms with Gasteiger partial charge in [0.25, 0.3) is 5.91 Å². The van der Waals surface area contributed by atoms with E-state index in [1.807, 2.05) is 0 Å². The molecule has 2 aromatic carbocycles. The molecular weight excluding hydrogens is 464 g/mol. The normalized spacial score (nSPS) is 10.3. The number of halogens is 3. The second kappa shape index (κ2) is 12.1. The van der Waals surface area contributed by atoms with Crippen LogP contribution < -0.4 is 25.8 Å². The van der Waals surface area contributed by atoms with Crippen LogP contribution in [0.15, 0.2) is 41.0 Å². The average molecular weight is 486 g/mol. The molecule has 0 aliphatic carbocycles. The van der Waals surface area contributed by atoms with Crippen molar-refractivity contribution in [1.82, 2.24) is 20.9 Å². The maximum Gasteiger partial charge on any atom is 0.277 e. The van der Waals surface area contributed by atoms with E-state index in [0.717, 1.165) is 11.1 Å². The van der Waals surface area contributed by atoms with Crippen molar-refractivity contribution in [3.63, 3.8) is 0 Å². The summed E-state index contributed by atoms with van der Waals surface area (Å²) < 4.78 is 28.6. The molecule has 1 heterocycles. The Labute approximate surface area is 194 Å². The molecule has 1 aromatic heterocycles. The number of rotatable bonds is 10. The first-order valence-electron chi connectivity index (χ1n) is 9.28. The van der Waals surface area contributed by atoms with Crippen LogP contribution in [-0.4, -0.2) is 36.4 Å². The van der Waals surface area contributed by atoms with Crippen LogP contribution in [0.1, 0.15) is 21.6 Å². The van der Waals surface area contributed by atoms with E-state index >= 15 is 0 Å². The molecule has 0 saturated heterocycles. The largest absolute Gasteiger partial charge is 0.493 e. The molecule has 172 valence electrons. The molecule has 0 fully saturated rings. The number of methoxy groups -OCH3 is 1. The molecule has 1 amide bonds. The monoisotopic (exact) mass is 485 g/mol. The summed E-state index contributed by atoms with van der Waals surface area (Å²) in [6.45, 7) is 1.53. The minimum Gasteiger partial charge on any atom is -0.493 e. The van der Waals surface area contributed by atoms with Crippen molar-refractivity contribution in [3.05, 3.63) is 64.1 Å². The molecule has 12 heteroatoms. The Kier molecular flexibility index (Phi) is 9.51. The van der Waals surface area contributed by atoms with E-state index in [4.69, 9.17) is 26.8 Å². The number of nitrogens with two attached hydrogens (primary N) is 1. The maximum absolute atomic E-state index is 13.0. The highest BCUT2D eigenvalue weighted by Crippen LogP contribution is 2.37. The van der Waals surface area contributed by atoms with Crippen LogP contribution in [0.25, 0.3) is 0 Å². The summed E-state index contributed by atoms with van der Waals surface area (Å²) in [7, 11) is 1.52. The van der Waals surface area contributed by atoms with Crippen molar-refractivity contribution < 1.29 is 23.3 Å². The molecule has 0 radical (unpaired) electrons. The number of ether oxygens (including phenoxy) is 2. The highest BCUT2D eigenvalue weighted by Gasteiger charge is 2.15. The Hall–Kier alpha value is -3.08. The number of aromatic nitrogens is 2. The number of amides is 1. The Balaban J connectivity index is 0.00000363. The fourth-order valence-electron chi connectivity index (χ4n) is 2.69. The molecule has 0 spiro atoms. The summed E-state index contributed by atoms with van der Waals surface area (Å²) in [4.78, 5) is 11.9. The first-order valence-corrected chi connectivity index (χ1v) is 9.66. The zero-order chi connectivity index (χ0) is 22.2. The van der Waals surface area contributed by atoms with Gasteiger partial charge in [-0.1, -0.05) is 23.7 Å². The average Bonchev–Trinajstić information content (AvgIpc) is 3.19. The summed E-state index contributed by atoms with van der Waals surface area (Å²) >= 11 is 6.37. The van der Waals surface area contributed by atoms with Crippen molar-refractivity contribution in [3.8, 4) is 11.5 Å². The summed E-state index contributed by atoms with van der Waals surface area (Å²) in [5, 5.41) is 13.0. The molecule has 0 aliphatic heterocycles. The van der Waals surface area contributed by atoms with Crippen LogP contribution in [-0.2, 0) is 13.2 Å². The van der Waals surface area contributed by atoms with Gasteiger partial charge >= 0.3 is 0 Å². The number of benzene rings is 2. The minimum absolute atomic E-state index is 0. The van der Waals surface area contributed by atoms with Crippen molar-refractivity contribution in [2.24, 2.45) is 0 Å². The van der Waals surface area contributed by atoms with Crippen LogP contribution in [0, 0.1) is 5.82 Å².